The summed E-state index contributed by atoms with van der Waals surface area (Å²) in [7, 11) is 3.43. The van der Waals surface area contributed by atoms with E-state index in [1.54, 1.807) is 24.5 Å². The van der Waals surface area contributed by atoms with Crippen LogP contribution in [0.3, 0.4) is 0 Å². The summed E-state index contributed by atoms with van der Waals surface area (Å²) in [5.41, 5.74) is 2.23. The molecule has 192 valence electrons. The largest absolute Gasteiger partial charge is 0.492 e. The lowest BCUT2D eigenvalue weighted by molar-refractivity contribution is -0.117. The van der Waals surface area contributed by atoms with Crippen molar-refractivity contribution < 1.29 is 23.4 Å². The van der Waals surface area contributed by atoms with E-state index in [2.05, 4.69) is 32.9 Å². The lowest BCUT2D eigenvalue weighted by Crippen LogP contribution is -2.46. The van der Waals surface area contributed by atoms with Crippen LogP contribution in [0.4, 0.5) is 10.1 Å². The number of hydrogen-bond acceptors (Lipinski definition) is 8. The monoisotopic (exact) mass is 515 g/mol. The molecule has 1 saturated heterocycles. The normalized spacial score (nSPS) is 18.4. The molecule has 2 aliphatic rings. The molecule has 2 aromatic rings. The number of carbonyl (C=O) groups excluding carboxylic acids is 1. The Balaban J connectivity index is 1.48. The first-order valence-corrected chi connectivity index (χ1v) is 12.1. The number of nitrogens with zero attached hydrogens (tertiary/aromatic N) is 2. The summed E-state index contributed by atoms with van der Waals surface area (Å²) in [4.78, 5) is 19.3. The topological polar surface area (TPSA) is 97.0 Å². The molecule has 9 nitrogen and oxygen atoms in total. The molecule has 36 heavy (non-hydrogen) atoms. The van der Waals surface area contributed by atoms with Gasteiger partial charge in [-0.15, -0.1) is 0 Å². The van der Waals surface area contributed by atoms with Gasteiger partial charge < -0.3 is 30.2 Å². The number of halogens is 1. The number of nitrogens with one attached hydrogen (secondary N) is 3. The molecule has 0 aliphatic carbocycles. The third-order valence-corrected chi connectivity index (χ3v) is 6.46. The van der Waals surface area contributed by atoms with E-state index in [1.165, 1.54) is 13.2 Å². The van der Waals surface area contributed by atoms with Gasteiger partial charge in [-0.3, -0.25) is 14.7 Å². The van der Waals surface area contributed by atoms with Gasteiger partial charge >= 0.3 is 0 Å². The van der Waals surface area contributed by atoms with Gasteiger partial charge in [0, 0.05) is 43.5 Å². The number of aromatic nitrogens is 1. The van der Waals surface area contributed by atoms with Crippen LogP contribution in [0.25, 0.3) is 0 Å². The number of hydrogen-bond donors (Lipinski definition) is 3. The van der Waals surface area contributed by atoms with E-state index in [0.29, 0.717) is 55.4 Å². The number of amides is 1. The predicted molar refractivity (Wildman–Crippen MR) is 138 cm³/mol. The Bertz CT molecular complexity index is 1150. The number of ether oxygens (including phenoxy) is 3. The summed E-state index contributed by atoms with van der Waals surface area (Å²) in [6.45, 7) is 3.58. The number of likely N-dealkylation sites (N-methyl/N-ethyl adjacent to an activating group) is 1. The molecule has 11 heteroatoms. The predicted octanol–water partition coefficient (Wildman–Crippen LogP) is 2.24. The molecule has 4 rings (SSSR count). The number of anilines is 1. The Morgan fingerprint density at radius 3 is 3.06 bits per heavy atom. The second kappa shape index (κ2) is 12.1. The summed E-state index contributed by atoms with van der Waals surface area (Å²) in [5.74, 6) is -0.138. The van der Waals surface area contributed by atoms with Gasteiger partial charge in [0.15, 0.2) is 11.6 Å². The molecular formula is C25H30FN5O4S. The van der Waals surface area contributed by atoms with Crippen molar-refractivity contribution in [3.63, 3.8) is 0 Å². The Morgan fingerprint density at radius 2 is 2.25 bits per heavy atom. The smallest absolute Gasteiger partial charge is 0.256 e. The van der Waals surface area contributed by atoms with E-state index >= 15 is 0 Å². The molecule has 0 saturated carbocycles. The van der Waals surface area contributed by atoms with Crippen molar-refractivity contribution in [1.29, 1.82) is 0 Å². The van der Waals surface area contributed by atoms with Gasteiger partial charge in [-0.25, -0.2) is 4.39 Å². The van der Waals surface area contributed by atoms with Gasteiger partial charge in [-0.1, -0.05) is 18.3 Å². The van der Waals surface area contributed by atoms with Crippen molar-refractivity contribution >= 4 is 28.8 Å². The molecular weight excluding hydrogens is 485 g/mol. The molecule has 3 heterocycles. The molecule has 3 N–H and O–H groups in total. The van der Waals surface area contributed by atoms with Crippen molar-refractivity contribution in [3.8, 4) is 11.5 Å². The van der Waals surface area contributed by atoms with Crippen LogP contribution in [0, 0.1) is 5.82 Å². The van der Waals surface area contributed by atoms with Gasteiger partial charge in [0.25, 0.3) is 5.91 Å². The molecule has 0 spiro atoms. The van der Waals surface area contributed by atoms with Crippen LogP contribution >= 0.6 is 12.2 Å². The van der Waals surface area contributed by atoms with Gasteiger partial charge in [-0.2, -0.15) is 0 Å². The summed E-state index contributed by atoms with van der Waals surface area (Å²) in [5, 5.41) is 9.13. The molecule has 1 amide bonds. The summed E-state index contributed by atoms with van der Waals surface area (Å²) in [6, 6.07) is 6.51. The fraction of sp³-hybridized carbons (Fsp3) is 0.400. The van der Waals surface area contributed by atoms with Crippen LogP contribution in [-0.4, -0.2) is 73.9 Å². The highest BCUT2D eigenvalue weighted by Crippen LogP contribution is 2.28. The van der Waals surface area contributed by atoms with Gasteiger partial charge in [0.1, 0.15) is 17.3 Å². The Labute approximate surface area is 215 Å². The summed E-state index contributed by atoms with van der Waals surface area (Å²) < 4.78 is 30.9. The van der Waals surface area contributed by atoms with E-state index in [-0.39, 0.29) is 22.7 Å². The number of pyridine rings is 1. The molecule has 1 fully saturated rings. The van der Waals surface area contributed by atoms with Gasteiger partial charge in [-0.05, 0) is 25.2 Å². The van der Waals surface area contributed by atoms with E-state index in [0.717, 1.165) is 18.7 Å². The van der Waals surface area contributed by atoms with E-state index in [9.17, 15) is 9.18 Å². The fourth-order valence-corrected chi connectivity index (χ4v) is 4.38. The van der Waals surface area contributed by atoms with Gasteiger partial charge in [0.2, 0.25) is 0 Å². The molecule has 0 unspecified atom stereocenters. The highest BCUT2D eigenvalue weighted by Gasteiger charge is 2.25. The third-order valence-electron chi connectivity index (χ3n) is 6.15. The number of para-hydroxylation sites is 1. The first kappa shape index (κ1) is 25.8. The molecule has 1 aromatic carbocycles. The van der Waals surface area contributed by atoms with E-state index < -0.39 is 5.82 Å². The zero-order chi connectivity index (χ0) is 25.5. The van der Waals surface area contributed by atoms with Crippen LogP contribution < -0.4 is 25.4 Å². The SMILES string of the molecule is COc1c(F)cccc1NC(=S)C1=C(NCc2ccncc2OC[C@@H]2COCCN2C)CCNC1=O. The van der Waals surface area contributed by atoms with Crippen molar-refractivity contribution in [3.05, 3.63) is 59.3 Å². The second-order valence-corrected chi connectivity index (χ2v) is 8.90. The first-order valence-electron chi connectivity index (χ1n) is 11.7. The standard InChI is InChI=1S/C25H30FN5O4S/c1-31-10-11-34-14-17(31)15-35-21-13-27-8-6-16(21)12-29-19-7-9-28-24(32)22(19)25(36)30-20-5-3-4-18(26)23(20)33-2/h3-6,8,13,17,29H,7,9-12,14-15H2,1-2H3,(H,28,32)(H,30,36)/t17-/m0/s1. The average Bonchev–Trinajstić information content (AvgIpc) is 2.87. The minimum absolute atomic E-state index is 0.0266. The van der Waals surface area contributed by atoms with Crippen LogP contribution in [-0.2, 0) is 16.1 Å². The summed E-state index contributed by atoms with van der Waals surface area (Å²) >= 11 is 5.54. The van der Waals surface area contributed by atoms with E-state index in [1.807, 2.05) is 6.07 Å². The molecule has 0 bridgehead atoms. The minimum Gasteiger partial charge on any atom is -0.492 e. The van der Waals surface area contributed by atoms with Crippen molar-refractivity contribution in [2.24, 2.45) is 0 Å². The number of thiocarbonyl (C=S) groups is 1. The Hall–Kier alpha value is -3.28. The van der Waals surface area contributed by atoms with Crippen LogP contribution in [0.5, 0.6) is 11.5 Å². The number of morpholine rings is 1. The van der Waals surface area contributed by atoms with Crippen LogP contribution in [0.2, 0.25) is 0 Å². The maximum Gasteiger partial charge on any atom is 0.256 e. The van der Waals surface area contributed by atoms with Crippen LogP contribution in [0.1, 0.15) is 12.0 Å². The van der Waals surface area contributed by atoms with Crippen molar-refractivity contribution in [2.45, 2.75) is 19.0 Å². The first-order chi connectivity index (χ1) is 17.5. The number of carbonyl (C=O) groups is 1. The second-order valence-electron chi connectivity index (χ2n) is 8.49. The maximum atomic E-state index is 14.1. The Kier molecular flexibility index (Phi) is 8.68. The maximum absolute atomic E-state index is 14.1. The molecule has 1 aromatic heterocycles. The lowest BCUT2D eigenvalue weighted by Gasteiger charge is -2.32. The van der Waals surface area contributed by atoms with Crippen molar-refractivity contribution in [2.75, 3.05) is 52.4 Å². The molecule has 2 aliphatic heterocycles. The van der Waals surface area contributed by atoms with Crippen LogP contribution in [0.15, 0.2) is 47.9 Å². The molecule has 1 atom stereocenters. The average molecular weight is 516 g/mol. The zero-order valence-electron chi connectivity index (χ0n) is 20.3. The highest BCUT2D eigenvalue weighted by molar-refractivity contribution is 7.81. The number of methoxy groups -OCH3 is 1. The zero-order valence-corrected chi connectivity index (χ0v) is 21.1. The van der Waals surface area contributed by atoms with Crippen molar-refractivity contribution in [1.82, 2.24) is 20.5 Å². The van der Waals surface area contributed by atoms with Gasteiger partial charge in [0.05, 0.1) is 43.8 Å². The Morgan fingerprint density at radius 1 is 1.39 bits per heavy atom. The van der Waals surface area contributed by atoms with E-state index in [4.69, 9.17) is 26.4 Å². The lowest BCUT2D eigenvalue weighted by atomic mass is 10.1. The number of benzene rings is 1. The fourth-order valence-electron chi connectivity index (χ4n) is 4.05. The minimum atomic E-state index is -0.526. The number of rotatable bonds is 9. The summed E-state index contributed by atoms with van der Waals surface area (Å²) in [6.07, 6.45) is 3.95. The quantitative estimate of drug-likeness (QED) is 0.435. The molecule has 0 radical (unpaired) electrons. The third kappa shape index (κ3) is 6.10. The highest BCUT2D eigenvalue weighted by atomic mass is 32.1.